The average molecular weight is 217 g/mol. The van der Waals surface area contributed by atoms with E-state index in [9.17, 15) is 0 Å². The molecule has 1 aliphatic rings. The predicted molar refractivity (Wildman–Crippen MR) is 70.3 cm³/mol. The molecule has 16 heavy (non-hydrogen) atoms. The van der Waals surface area contributed by atoms with Crippen LogP contribution in [0.4, 0.5) is 0 Å². The summed E-state index contributed by atoms with van der Waals surface area (Å²) >= 11 is 0. The molecule has 1 aromatic carbocycles. The summed E-state index contributed by atoms with van der Waals surface area (Å²) in [6.07, 6.45) is 0. The molecule has 2 N–H and O–H groups in total. The van der Waals surface area contributed by atoms with Crippen molar-refractivity contribution in [3.63, 3.8) is 0 Å². The lowest BCUT2D eigenvalue weighted by Crippen LogP contribution is -2.06. The number of nitrogens with zero attached hydrogens (tertiary/aromatic N) is 2. The number of benzene rings is 1. The maximum atomic E-state index is 5.11. The molecular weight excluding hydrogens is 198 g/mol. The summed E-state index contributed by atoms with van der Waals surface area (Å²) < 4.78 is 0. The van der Waals surface area contributed by atoms with Crippen LogP contribution in [0.15, 0.2) is 40.3 Å². The molecule has 0 saturated carbocycles. The molecular formula is C13H19N3. The first-order valence-electron chi connectivity index (χ1n) is 5.49. The molecule has 3 nitrogen and oxygen atoms in total. The van der Waals surface area contributed by atoms with Gasteiger partial charge in [0, 0.05) is 11.3 Å². The van der Waals surface area contributed by atoms with Crippen LogP contribution in [0, 0.1) is 0 Å². The third-order valence-corrected chi connectivity index (χ3v) is 1.79. The van der Waals surface area contributed by atoms with Gasteiger partial charge in [-0.2, -0.15) is 0 Å². The second-order valence-corrected chi connectivity index (χ2v) is 4.10. The predicted octanol–water partition coefficient (Wildman–Crippen LogP) is 2.26. The fraction of sp³-hybridized carbons (Fsp3) is 0.385. The van der Waals surface area contributed by atoms with E-state index in [2.05, 4.69) is 9.98 Å². The molecule has 3 heteroatoms. The molecule has 1 heterocycles. The maximum absolute atomic E-state index is 5.11. The highest BCUT2D eigenvalue weighted by molar-refractivity contribution is 6.10. The van der Waals surface area contributed by atoms with Crippen molar-refractivity contribution in [3.05, 3.63) is 35.9 Å². The standard InChI is InChI=1S/C10H10N2.C3H9N/c1-8-7-11-10(12-8)9-5-3-2-4-6-9;1-3(2)4/h2-6H,7H2,1H3;3H,4H2,1-2H3. The highest BCUT2D eigenvalue weighted by Crippen LogP contribution is 2.06. The van der Waals surface area contributed by atoms with Gasteiger partial charge in [0.2, 0.25) is 0 Å². The first-order chi connectivity index (χ1) is 7.59. The number of rotatable bonds is 1. The molecule has 86 valence electrons. The lowest BCUT2D eigenvalue weighted by molar-refractivity contribution is 0.834. The molecule has 0 bridgehead atoms. The third-order valence-electron chi connectivity index (χ3n) is 1.79. The van der Waals surface area contributed by atoms with Gasteiger partial charge in [0.05, 0.1) is 6.54 Å². The topological polar surface area (TPSA) is 50.7 Å². The van der Waals surface area contributed by atoms with E-state index in [1.165, 1.54) is 0 Å². The Kier molecular flexibility index (Phi) is 4.86. The van der Waals surface area contributed by atoms with Gasteiger partial charge in [0.25, 0.3) is 0 Å². The monoisotopic (exact) mass is 217 g/mol. The smallest absolute Gasteiger partial charge is 0.154 e. The zero-order valence-electron chi connectivity index (χ0n) is 10.1. The Morgan fingerprint density at radius 2 is 1.75 bits per heavy atom. The third kappa shape index (κ3) is 4.36. The quantitative estimate of drug-likeness (QED) is 0.770. The normalized spacial score (nSPS) is 14.1. The first-order valence-corrected chi connectivity index (χ1v) is 5.49. The van der Waals surface area contributed by atoms with Gasteiger partial charge in [0.15, 0.2) is 5.84 Å². The molecule has 0 fully saturated rings. The molecule has 0 aliphatic carbocycles. The van der Waals surface area contributed by atoms with Gasteiger partial charge in [0.1, 0.15) is 0 Å². The number of aliphatic imine (C=N–C) groups is 2. The number of nitrogens with two attached hydrogens (primary N) is 1. The van der Waals surface area contributed by atoms with E-state index in [0.717, 1.165) is 23.7 Å². The van der Waals surface area contributed by atoms with Crippen LogP contribution >= 0.6 is 0 Å². The minimum atomic E-state index is 0.333. The van der Waals surface area contributed by atoms with Crippen LogP contribution in [-0.2, 0) is 0 Å². The molecule has 1 aromatic rings. The van der Waals surface area contributed by atoms with Crippen molar-refractivity contribution in [2.75, 3.05) is 6.54 Å². The van der Waals surface area contributed by atoms with Crippen molar-refractivity contribution in [2.24, 2.45) is 15.7 Å². The number of hydrogen-bond donors (Lipinski definition) is 1. The maximum Gasteiger partial charge on any atom is 0.154 e. The molecule has 0 aromatic heterocycles. The molecule has 0 unspecified atom stereocenters. The minimum Gasteiger partial charge on any atom is -0.328 e. The summed E-state index contributed by atoms with van der Waals surface area (Å²) in [7, 11) is 0. The van der Waals surface area contributed by atoms with Crippen LogP contribution in [0.3, 0.4) is 0 Å². The number of amidine groups is 1. The van der Waals surface area contributed by atoms with E-state index in [1.807, 2.05) is 51.1 Å². The summed E-state index contributed by atoms with van der Waals surface area (Å²) in [4.78, 5) is 8.63. The molecule has 1 aliphatic heterocycles. The van der Waals surface area contributed by atoms with Crippen LogP contribution in [0.2, 0.25) is 0 Å². The summed E-state index contributed by atoms with van der Waals surface area (Å²) in [6, 6.07) is 10.4. The van der Waals surface area contributed by atoms with Gasteiger partial charge < -0.3 is 5.73 Å². The SMILES string of the molecule is CC(C)N.CC1=NC(c2ccccc2)=NC1. The van der Waals surface area contributed by atoms with E-state index in [0.29, 0.717) is 6.04 Å². The van der Waals surface area contributed by atoms with Gasteiger partial charge >= 0.3 is 0 Å². The summed E-state index contributed by atoms with van der Waals surface area (Å²) in [5.74, 6) is 0.869. The van der Waals surface area contributed by atoms with E-state index in [-0.39, 0.29) is 0 Å². The Morgan fingerprint density at radius 1 is 1.19 bits per heavy atom. The summed E-state index contributed by atoms with van der Waals surface area (Å²) in [5, 5.41) is 0. The average Bonchev–Trinajstić information content (AvgIpc) is 2.65. The highest BCUT2D eigenvalue weighted by atomic mass is 15.0. The van der Waals surface area contributed by atoms with Gasteiger partial charge in [-0.25, -0.2) is 4.99 Å². The Morgan fingerprint density at radius 3 is 2.19 bits per heavy atom. The van der Waals surface area contributed by atoms with E-state index < -0.39 is 0 Å². The fourth-order valence-electron chi connectivity index (χ4n) is 1.18. The van der Waals surface area contributed by atoms with Gasteiger partial charge in [-0.1, -0.05) is 44.2 Å². The van der Waals surface area contributed by atoms with Crippen molar-refractivity contribution in [1.82, 2.24) is 0 Å². The van der Waals surface area contributed by atoms with Crippen LogP contribution in [0.25, 0.3) is 0 Å². The van der Waals surface area contributed by atoms with Crippen molar-refractivity contribution in [2.45, 2.75) is 26.8 Å². The largest absolute Gasteiger partial charge is 0.328 e. The zero-order chi connectivity index (χ0) is 12.0. The molecule has 0 saturated heterocycles. The first kappa shape index (κ1) is 12.6. The van der Waals surface area contributed by atoms with Crippen molar-refractivity contribution >= 4 is 11.5 Å². The fourth-order valence-corrected chi connectivity index (χ4v) is 1.18. The highest BCUT2D eigenvalue weighted by Gasteiger charge is 2.06. The van der Waals surface area contributed by atoms with Gasteiger partial charge in [-0.3, -0.25) is 4.99 Å². The summed E-state index contributed by atoms with van der Waals surface area (Å²) in [5.41, 5.74) is 7.31. The van der Waals surface area contributed by atoms with E-state index in [1.54, 1.807) is 0 Å². The van der Waals surface area contributed by atoms with E-state index in [4.69, 9.17) is 5.73 Å². The summed E-state index contributed by atoms with van der Waals surface area (Å²) in [6.45, 7) is 6.64. The van der Waals surface area contributed by atoms with Crippen LogP contribution < -0.4 is 5.73 Å². The van der Waals surface area contributed by atoms with Gasteiger partial charge in [-0.15, -0.1) is 0 Å². The second-order valence-electron chi connectivity index (χ2n) is 4.10. The Hall–Kier alpha value is -1.48. The molecule has 2 rings (SSSR count). The van der Waals surface area contributed by atoms with Crippen molar-refractivity contribution in [1.29, 1.82) is 0 Å². The second kappa shape index (κ2) is 6.18. The molecule has 0 radical (unpaired) electrons. The Balaban J connectivity index is 0.000000280. The van der Waals surface area contributed by atoms with Crippen LogP contribution in [-0.4, -0.2) is 24.1 Å². The Bertz CT molecular complexity index is 375. The molecule has 0 atom stereocenters. The van der Waals surface area contributed by atoms with Crippen molar-refractivity contribution in [3.8, 4) is 0 Å². The zero-order valence-corrected chi connectivity index (χ0v) is 10.1. The number of hydrogen-bond acceptors (Lipinski definition) is 3. The molecule has 0 amide bonds. The minimum absolute atomic E-state index is 0.333. The lowest BCUT2D eigenvalue weighted by atomic mass is 10.2. The van der Waals surface area contributed by atoms with E-state index >= 15 is 0 Å². The van der Waals surface area contributed by atoms with Crippen LogP contribution in [0.1, 0.15) is 26.3 Å². The Labute approximate surface area is 97.1 Å². The van der Waals surface area contributed by atoms with Crippen molar-refractivity contribution < 1.29 is 0 Å². The molecule has 0 spiro atoms. The lowest BCUT2D eigenvalue weighted by Gasteiger charge is -1.94. The van der Waals surface area contributed by atoms with Gasteiger partial charge in [-0.05, 0) is 13.0 Å². The van der Waals surface area contributed by atoms with Crippen LogP contribution in [0.5, 0.6) is 0 Å².